The molecule has 1 aliphatic carbocycles. The lowest BCUT2D eigenvalue weighted by Crippen LogP contribution is -2.20. The summed E-state index contributed by atoms with van der Waals surface area (Å²) >= 11 is 0. The fourth-order valence-electron chi connectivity index (χ4n) is 4.93. The summed E-state index contributed by atoms with van der Waals surface area (Å²) in [6.45, 7) is 13.1. The third-order valence-electron chi connectivity index (χ3n) is 7.59. The highest BCUT2D eigenvalue weighted by molar-refractivity contribution is 5.99. The Morgan fingerprint density at radius 3 is 2.52 bits per heavy atom. The third kappa shape index (κ3) is 5.53. The first kappa shape index (κ1) is 28.3. The zero-order chi connectivity index (χ0) is 30.1. The van der Waals surface area contributed by atoms with Gasteiger partial charge < -0.3 is 10.6 Å². The quantitative estimate of drug-likeness (QED) is 0.234. The van der Waals surface area contributed by atoms with Gasteiger partial charge in [0.05, 0.1) is 46.1 Å². The molecule has 9 nitrogen and oxygen atoms in total. The van der Waals surface area contributed by atoms with Crippen LogP contribution in [-0.2, 0) is 5.41 Å². The van der Waals surface area contributed by atoms with Crippen LogP contribution in [-0.4, -0.2) is 26.5 Å². The Balaban J connectivity index is 1.64. The van der Waals surface area contributed by atoms with Crippen molar-refractivity contribution >= 4 is 28.0 Å². The Labute approximate surface area is 246 Å². The highest BCUT2D eigenvalue weighted by Gasteiger charge is 2.45. The van der Waals surface area contributed by atoms with Crippen LogP contribution in [0.25, 0.3) is 16.6 Å². The van der Waals surface area contributed by atoms with Crippen LogP contribution in [0, 0.1) is 39.4 Å². The first-order chi connectivity index (χ1) is 20.1. The van der Waals surface area contributed by atoms with E-state index in [-0.39, 0.29) is 5.41 Å². The van der Waals surface area contributed by atoms with E-state index in [1.165, 1.54) is 6.20 Å². The first-order valence-corrected chi connectivity index (χ1v) is 14.0. The van der Waals surface area contributed by atoms with Crippen LogP contribution in [0.4, 0.5) is 11.4 Å². The molecule has 0 amide bonds. The Bertz CT molecular complexity index is 1800. The number of hydrogen-bond donors (Lipinski definition) is 2. The molecule has 4 aromatic rings. The number of fused-ring (bicyclic) bond motifs is 1. The van der Waals surface area contributed by atoms with Gasteiger partial charge in [0.1, 0.15) is 17.8 Å². The van der Waals surface area contributed by atoms with Crippen LogP contribution < -0.4 is 10.6 Å². The van der Waals surface area contributed by atoms with Crippen LogP contribution >= 0.6 is 0 Å². The maximum Gasteiger partial charge on any atom is 0.110 e. The minimum atomic E-state index is -0.446. The van der Waals surface area contributed by atoms with Gasteiger partial charge in [-0.25, -0.2) is 4.68 Å². The Kier molecular flexibility index (Phi) is 7.42. The van der Waals surface area contributed by atoms with Crippen molar-refractivity contribution in [3.63, 3.8) is 0 Å². The number of nitriles is 3. The van der Waals surface area contributed by atoms with Crippen molar-refractivity contribution in [2.75, 3.05) is 17.2 Å². The molecule has 0 saturated heterocycles. The molecule has 2 N–H and O–H groups in total. The molecule has 2 aromatic carbocycles. The molecular weight excluding hydrogens is 522 g/mol. The topological polar surface area (TPSA) is 139 Å². The molecular formula is C33H33N9. The summed E-state index contributed by atoms with van der Waals surface area (Å²) in [7, 11) is 0. The molecule has 1 aliphatic rings. The third-order valence-corrected chi connectivity index (χ3v) is 7.59. The van der Waals surface area contributed by atoms with Crippen molar-refractivity contribution in [1.82, 2.24) is 20.0 Å². The Hall–Kier alpha value is -5.20. The molecule has 2 heterocycles. The molecule has 1 atom stereocenters. The summed E-state index contributed by atoms with van der Waals surface area (Å²) < 4.78 is 1.67. The number of nitrogens with one attached hydrogen (secondary N) is 2. The second kappa shape index (κ2) is 11.0. The van der Waals surface area contributed by atoms with Gasteiger partial charge in [0.2, 0.25) is 0 Å². The van der Waals surface area contributed by atoms with Gasteiger partial charge in [0, 0.05) is 29.5 Å². The van der Waals surface area contributed by atoms with Gasteiger partial charge in [0.25, 0.3) is 0 Å². The molecule has 9 heteroatoms. The summed E-state index contributed by atoms with van der Waals surface area (Å²) in [5.74, 6) is 0. The summed E-state index contributed by atoms with van der Waals surface area (Å²) in [6.07, 6.45) is 5.76. The maximum absolute atomic E-state index is 10.1. The van der Waals surface area contributed by atoms with Crippen molar-refractivity contribution in [2.24, 2.45) is 5.41 Å². The van der Waals surface area contributed by atoms with Crippen LogP contribution in [0.2, 0.25) is 0 Å². The number of hydrogen-bond acceptors (Lipinski definition) is 8. The molecule has 0 unspecified atom stereocenters. The molecule has 42 heavy (non-hydrogen) atoms. The number of aromatic nitrogens is 4. The fourth-order valence-corrected chi connectivity index (χ4v) is 4.93. The number of rotatable bonds is 9. The van der Waals surface area contributed by atoms with Crippen molar-refractivity contribution in [3.05, 3.63) is 83.3 Å². The van der Waals surface area contributed by atoms with Gasteiger partial charge in [-0.05, 0) is 47.9 Å². The molecule has 5 rings (SSSR count). The standard InChI is InChI=1S/C33H33N9/c1-6-21(2)42-18-28(40-41-42)31(22-8-7-9-25(12-22)33(19-36)10-11-33)39-26-13-23(15-34)29-27(14-26)30(24(16-35)17-37-29)38-20-32(3,4)5/h7-9,12-14,17-18,31,39H,2,6,10-11,20H2,1,3-5H3,(H,37,38)/t31-/m0/s1. The average Bonchev–Trinajstić information content (AvgIpc) is 3.65. The van der Waals surface area contributed by atoms with E-state index in [9.17, 15) is 15.8 Å². The van der Waals surface area contributed by atoms with E-state index < -0.39 is 11.5 Å². The lowest BCUT2D eigenvalue weighted by Gasteiger charge is -2.23. The zero-order valence-corrected chi connectivity index (χ0v) is 24.4. The van der Waals surface area contributed by atoms with Crippen molar-refractivity contribution in [2.45, 2.75) is 58.4 Å². The van der Waals surface area contributed by atoms with Crippen molar-refractivity contribution in [3.8, 4) is 18.2 Å². The summed E-state index contributed by atoms with van der Waals surface area (Å²) in [4.78, 5) is 4.47. The minimum absolute atomic E-state index is 0.0387. The molecule has 2 aromatic heterocycles. The zero-order valence-electron chi connectivity index (χ0n) is 24.4. The SMILES string of the molecule is C=C(CC)n1cc([C@@H](Nc2cc(C#N)c3ncc(C#N)c(NCC(C)(C)C)c3c2)c2cccc(C3(C#N)CC3)c2)nn1. The highest BCUT2D eigenvalue weighted by Crippen LogP contribution is 2.48. The minimum Gasteiger partial charge on any atom is -0.383 e. The van der Waals surface area contributed by atoms with E-state index in [1.54, 1.807) is 10.7 Å². The molecule has 1 fully saturated rings. The van der Waals surface area contributed by atoms with E-state index in [1.807, 2.05) is 37.4 Å². The predicted octanol–water partition coefficient (Wildman–Crippen LogP) is 6.67. The second-order valence-electron chi connectivity index (χ2n) is 12.0. The average molecular weight is 556 g/mol. The van der Waals surface area contributed by atoms with E-state index >= 15 is 0 Å². The lowest BCUT2D eigenvalue weighted by molar-refractivity contribution is 0.443. The van der Waals surface area contributed by atoms with Crippen LogP contribution in [0.1, 0.15) is 80.9 Å². The van der Waals surface area contributed by atoms with Crippen molar-refractivity contribution in [1.29, 1.82) is 15.8 Å². The smallest absolute Gasteiger partial charge is 0.110 e. The first-order valence-electron chi connectivity index (χ1n) is 14.0. The lowest BCUT2D eigenvalue weighted by atomic mass is 9.93. The largest absolute Gasteiger partial charge is 0.383 e. The summed E-state index contributed by atoms with van der Waals surface area (Å²) in [5.41, 5.74) is 5.50. The van der Waals surface area contributed by atoms with E-state index in [2.05, 4.69) is 77.6 Å². The van der Waals surface area contributed by atoms with E-state index in [0.717, 1.165) is 36.1 Å². The van der Waals surface area contributed by atoms with Crippen LogP contribution in [0.5, 0.6) is 0 Å². The summed E-state index contributed by atoms with van der Waals surface area (Å²) in [6, 6.07) is 18.3. The maximum atomic E-state index is 10.1. The number of benzene rings is 2. The molecule has 0 aliphatic heterocycles. The van der Waals surface area contributed by atoms with Crippen LogP contribution in [0.15, 0.2) is 55.4 Å². The molecule has 1 saturated carbocycles. The fraction of sp³-hybridized carbons (Fsp3) is 0.333. The Morgan fingerprint density at radius 1 is 1.12 bits per heavy atom. The van der Waals surface area contributed by atoms with Crippen LogP contribution in [0.3, 0.4) is 0 Å². The van der Waals surface area contributed by atoms with Gasteiger partial charge in [-0.2, -0.15) is 15.8 Å². The predicted molar refractivity (Wildman–Crippen MR) is 163 cm³/mol. The molecule has 210 valence electrons. The number of nitrogens with zero attached hydrogens (tertiary/aromatic N) is 7. The van der Waals surface area contributed by atoms with Gasteiger partial charge in [0.15, 0.2) is 0 Å². The number of anilines is 2. The van der Waals surface area contributed by atoms with Gasteiger partial charge in [-0.15, -0.1) is 5.10 Å². The van der Waals surface area contributed by atoms with Gasteiger partial charge in [-0.3, -0.25) is 4.98 Å². The molecule has 0 bridgehead atoms. The Morgan fingerprint density at radius 2 is 1.88 bits per heavy atom. The second-order valence-corrected chi connectivity index (χ2v) is 12.0. The monoisotopic (exact) mass is 555 g/mol. The molecule has 0 radical (unpaired) electrons. The van der Waals surface area contributed by atoms with E-state index in [4.69, 9.17) is 0 Å². The van der Waals surface area contributed by atoms with Gasteiger partial charge >= 0.3 is 0 Å². The molecule has 0 spiro atoms. The highest BCUT2D eigenvalue weighted by atomic mass is 15.4. The number of pyridine rings is 1. The number of allylic oxidation sites excluding steroid dienone is 1. The summed E-state index contributed by atoms with van der Waals surface area (Å²) in [5, 5.41) is 46.3. The van der Waals surface area contributed by atoms with Crippen molar-refractivity contribution < 1.29 is 0 Å². The normalized spacial score (nSPS) is 14.3. The van der Waals surface area contributed by atoms with Gasteiger partial charge in [-0.1, -0.05) is 63.8 Å². The van der Waals surface area contributed by atoms with E-state index in [0.29, 0.717) is 45.6 Å².